The molecule has 0 aliphatic carbocycles. The normalized spacial score (nSPS) is 14.5. The maximum absolute atomic E-state index is 10.5. The molecular weight excluding hydrogens is 144 g/mol. The van der Waals surface area contributed by atoms with Crippen LogP contribution in [-0.4, -0.2) is 33.2 Å². The van der Waals surface area contributed by atoms with Gasteiger partial charge in [0.15, 0.2) is 0 Å². The third-order valence-corrected chi connectivity index (χ3v) is 1.66. The van der Waals surface area contributed by atoms with Gasteiger partial charge in [-0.05, 0) is 0 Å². The Morgan fingerprint density at radius 3 is 2.27 bits per heavy atom. The van der Waals surface area contributed by atoms with Crippen molar-refractivity contribution in [1.29, 1.82) is 0 Å². The second kappa shape index (κ2) is 4.46. The van der Waals surface area contributed by atoms with E-state index in [0.717, 1.165) is 6.29 Å². The van der Waals surface area contributed by atoms with Crippen molar-refractivity contribution in [3.63, 3.8) is 0 Å². The average molecular weight is 160 g/mol. The van der Waals surface area contributed by atoms with Crippen LogP contribution < -0.4 is 0 Å². The van der Waals surface area contributed by atoms with Crippen LogP contribution in [0.1, 0.15) is 13.8 Å². The minimum atomic E-state index is -0.387. The smallest absolute Gasteiger partial charge is 0.149 e. The van der Waals surface area contributed by atoms with Crippen LogP contribution in [-0.2, 0) is 14.3 Å². The number of ether oxygens (including phenoxy) is 2. The molecule has 0 aliphatic heterocycles. The lowest BCUT2D eigenvalue weighted by molar-refractivity contribution is -0.125. The summed E-state index contributed by atoms with van der Waals surface area (Å²) in [5.41, 5.74) is -0.245. The molecular formula is C8H16O3. The molecule has 0 aromatic carbocycles. The molecule has 3 heteroatoms. The summed E-state index contributed by atoms with van der Waals surface area (Å²) in [4.78, 5) is 10.5. The van der Waals surface area contributed by atoms with Crippen molar-refractivity contribution in [2.45, 2.75) is 20.0 Å². The highest BCUT2D eigenvalue weighted by atomic mass is 16.5. The molecule has 0 aromatic heterocycles. The zero-order valence-electron chi connectivity index (χ0n) is 7.59. The molecule has 1 atom stereocenters. The Kier molecular flexibility index (Phi) is 4.30. The molecule has 0 aliphatic rings. The second-order valence-electron chi connectivity index (χ2n) is 3.21. The zero-order chi connectivity index (χ0) is 8.91. The fourth-order valence-electron chi connectivity index (χ4n) is 1.01. The highest BCUT2D eigenvalue weighted by molar-refractivity contribution is 5.57. The van der Waals surface area contributed by atoms with Crippen molar-refractivity contribution in [1.82, 2.24) is 0 Å². The second-order valence-corrected chi connectivity index (χ2v) is 3.21. The van der Waals surface area contributed by atoms with E-state index in [9.17, 15) is 4.79 Å². The fraction of sp³-hybridized carbons (Fsp3) is 0.875. The average Bonchev–Trinajstić information content (AvgIpc) is 1.89. The largest absolute Gasteiger partial charge is 0.384 e. The summed E-state index contributed by atoms with van der Waals surface area (Å²) in [6.45, 7) is 4.38. The van der Waals surface area contributed by atoms with Crippen molar-refractivity contribution in [2.75, 3.05) is 20.8 Å². The lowest BCUT2D eigenvalue weighted by Gasteiger charge is -2.28. The van der Waals surface area contributed by atoms with Gasteiger partial charge in [-0.25, -0.2) is 0 Å². The minimum absolute atomic E-state index is 0.245. The molecule has 0 spiro atoms. The predicted molar refractivity (Wildman–Crippen MR) is 42.5 cm³/mol. The summed E-state index contributed by atoms with van der Waals surface area (Å²) in [6, 6.07) is 0. The Morgan fingerprint density at radius 1 is 1.45 bits per heavy atom. The number of carbonyl (C=O) groups excluding carboxylic acids is 1. The van der Waals surface area contributed by atoms with E-state index in [0.29, 0.717) is 6.61 Å². The van der Waals surface area contributed by atoms with Gasteiger partial charge in [-0.1, -0.05) is 13.8 Å². The molecule has 0 fully saturated rings. The van der Waals surface area contributed by atoms with Crippen molar-refractivity contribution < 1.29 is 14.3 Å². The third kappa shape index (κ3) is 2.99. The first-order valence-corrected chi connectivity index (χ1v) is 3.55. The summed E-state index contributed by atoms with van der Waals surface area (Å²) in [5, 5.41) is 0. The van der Waals surface area contributed by atoms with E-state index in [4.69, 9.17) is 9.47 Å². The summed E-state index contributed by atoms with van der Waals surface area (Å²) in [7, 11) is 3.13. The van der Waals surface area contributed by atoms with Crippen LogP contribution in [0, 0.1) is 5.41 Å². The van der Waals surface area contributed by atoms with Crippen molar-refractivity contribution in [3.05, 3.63) is 0 Å². The molecule has 0 bridgehead atoms. The molecule has 0 aromatic rings. The highest BCUT2D eigenvalue weighted by Gasteiger charge is 2.28. The zero-order valence-corrected chi connectivity index (χ0v) is 7.59. The van der Waals surface area contributed by atoms with Crippen molar-refractivity contribution in [3.8, 4) is 0 Å². The van der Waals surface area contributed by atoms with Crippen LogP contribution in [0.4, 0.5) is 0 Å². The summed E-state index contributed by atoms with van der Waals surface area (Å²) < 4.78 is 9.92. The van der Waals surface area contributed by atoms with Gasteiger partial charge in [0.25, 0.3) is 0 Å². The fourth-order valence-corrected chi connectivity index (χ4v) is 1.01. The third-order valence-electron chi connectivity index (χ3n) is 1.66. The lowest BCUT2D eigenvalue weighted by Crippen LogP contribution is -2.36. The predicted octanol–water partition coefficient (Wildman–Crippen LogP) is 0.873. The van der Waals surface area contributed by atoms with E-state index in [1.54, 1.807) is 7.11 Å². The Balaban J connectivity index is 4.11. The van der Waals surface area contributed by atoms with Crippen LogP contribution in [0.25, 0.3) is 0 Å². The number of hydrogen-bond donors (Lipinski definition) is 0. The molecule has 0 rings (SSSR count). The standard InChI is InChI=1S/C8H16O3/c1-8(2,6-10-3)7(5-9)11-4/h5,7H,6H2,1-4H3/t7-/m0/s1. The number of carbonyl (C=O) groups is 1. The molecule has 0 amide bonds. The van der Waals surface area contributed by atoms with Gasteiger partial charge >= 0.3 is 0 Å². The first-order valence-electron chi connectivity index (χ1n) is 3.55. The van der Waals surface area contributed by atoms with Crippen LogP contribution in [0.15, 0.2) is 0 Å². The van der Waals surface area contributed by atoms with Gasteiger partial charge in [-0.3, -0.25) is 0 Å². The number of aldehydes is 1. The van der Waals surface area contributed by atoms with E-state index in [-0.39, 0.29) is 11.5 Å². The SMILES string of the molecule is COCC(C)(C)[C@H](C=O)OC. The Hall–Kier alpha value is -0.410. The van der Waals surface area contributed by atoms with Gasteiger partial charge in [0.05, 0.1) is 6.61 Å². The van der Waals surface area contributed by atoms with Crippen LogP contribution in [0.3, 0.4) is 0 Å². The van der Waals surface area contributed by atoms with Gasteiger partial charge in [0.2, 0.25) is 0 Å². The van der Waals surface area contributed by atoms with E-state index in [1.807, 2.05) is 13.8 Å². The van der Waals surface area contributed by atoms with Crippen molar-refractivity contribution >= 4 is 6.29 Å². The highest BCUT2D eigenvalue weighted by Crippen LogP contribution is 2.21. The van der Waals surface area contributed by atoms with Gasteiger partial charge < -0.3 is 14.3 Å². The Morgan fingerprint density at radius 2 is 2.00 bits per heavy atom. The van der Waals surface area contributed by atoms with E-state index < -0.39 is 0 Å². The maximum atomic E-state index is 10.5. The number of rotatable bonds is 5. The van der Waals surface area contributed by atoms with Gasteiger partial charge in [0.1, 0.15) is 12.4 Å². The monoisotopic (exact) mass is 160 g/mol. The minimum Gasteiger partial charge on any atom is -0.384 e. The summed E-state index contributed by atoms with van der Waals surface area (Å²) >= 11 is 0. The first-order chi connectivity index (χ1) is 5.08. The summed E-state index contributed by atoms with van der Waals surface area (Å²) in [5.74, 6) is 0. The molecule has 0 radical (unpaired) electrons. The van der Waals surface area contributed by atoms with E-state index in [1.165, 1.54) is 7.11 Å². The molecule has 0 heterocycles. The maximum Gasteiger partial charge on any atom is 0.149 e. The molecule has 0 saturated carbocycles. The van der Waals surface area contributed by atoms with Crippen molar-refractivity contribution in [2.24, 2.45) is 5.41 Å². The lowest BCUT2D eigenvalue weighted by atomic mass is 9.88. The van der Waals surface area contributed by atoms with Gasteiger partial charge in [0, 0.05) is 19.6 Å². The molecule has 66 valence electrons. The topological polar surface area (TPSA) is 35.5 Å². The quantitative estimate of drug-likeness (QED) is 0.560. The molecule has 0 saturated heterocycles. The molecule has 3 nitrogen and oxygen atoms in total. The van der Waals surface area contributed by atoms with E-state index >= 15 is 0 Å². The van der Waals surface area contributed by atoms with Crippen LogP contribution in [0.5, 0.6) is 0 Å². The van der Waals surface area contributed by atoms with Crippen LogP contribution in [0.2, 0.25) is 0 Å². The van der Waals surface area contributed by atoms with E-state index in [2.05, 4.69) is 0 Å². The molecule has 11 heavy (non-hydrogen) atoms. The number of hydrogen-bond acceptors (Lipinski definition) is 3. The Labute approximate surface area is 67.7 Å². The first kappa shape index (κ1) is 10.6. The van der Waals surface area contributed by atoms with Gasteiger partial charge in [-0.15, -0.1) is 0 Å². The van der Waals surface area contributed by atoms with Crippen LogP contribution >= 0.6 is 0 Å². The molecule has 0 unspecified atom stereocenters. The summed E-state index contributed by atoms with van der Waals surface area (Å²) in [6.07, 6.45) is 0.418. The molecule has 0 N–H and O–H groups in total. The van der Waals surface area contributed by atoms with Gasteiger partial charge in [-0.2, -0.15) is 0 Å². The Bertz CT molecular complexity index is 121. The number of methoxy groups -OCH3 is 2.